The number of thiophene rings is 1. The number of carbonyl (C=O) groups is 1. The first-order valence-corrected chi connectivity index (χ1v) is 6.35. The molecule has 2 heterocycles. The lowest BCUT2D eigenvalue weighted by Gasteiger charge is -2.03. The number of benzene rings is 1. The zero-order valence-electron chi connectivity index (χ0n) is 9.64. The van der Waals surface area contributed by atoms with Gasteiger partial charge >= 0.3 is 0 Å². The molecule has 3 nitrogen and oxygen atoms in total. The van der Waals surface area contributed by atoms with Gasteiger partial charge in [0.25, 0.3) is 0 Å². The average Bonchev–Trinajstić information content (AvgIpc) is 2.95. The summed E-state index contributed by atoms with van der Waals surface area (Å²) < 4.78 is 5.56. The summed E-state index contributed by atoms with van der Waals surface area (Å²) in [5, 5.41) is 11.5. The molecule has 0 fully saturated rings. The molecular formula is C14H10O3S. The van der Waals surface area contributed by atoms with Crippen LogP contribution in [-0.2, 0) is 0 Å². The van der Waals surface area contributed by atoms with Crippen LogP contribution in [-0.4, -0.2) is 10.9 Å². The van der Waals surface area contributed by atoms with Crippen LogP contribution in [0.5, 0.6) is 11.5 Å². The van der Waals surface area contributed by atoms with Gasteiger partial charge in [-0.15, -0.1) is 11.3 Å². The molecule has 0 saturated carbocycles. The molecule has 3 rings (SSSR count). The van der Waals surface area contributed by atoms with E-state index in [4.69, 9.17) is 4.74 Å². The highest BCUT2D eigenvalue weighted by Crippen LogP contribution is 2.38. The zero-order chi connectivity index (χ0) is 12.7. The molecule has 0 amide bonds. The van der Waals surface area contributed by atoms with Gasteiger partial charge in [0.2, 0.25) is 5.78 Å². The summed E-state index contributed by atoms with van der Waals surface area (Å²) in [5.74, 6) is 0.768. The Kier molecular flexibility index (Phi) is 2.45. The summed E-state index contributed by atoms with van der Waals surface area (Å²) in [7, 11) is 0. The summed E-state index contributed by atoms with van der Waals surface area (Å²) in [6, 6.07) is 6.95. The fourth-order valence-corrected chi connectivity index (χ4v) is 2.52. The van der Waals surface area contributed by atoms with Gasteiger partial charge in [-0.1, -0.05) is 6.07 Å². The van der Waals surface area contributed by atoms with Crippen LogP contribution >= 0.6 is 11.3 Å². The number of hydrogen-bond acceptors (Lipinski definition) is 4. The van der Waals surface area contributed by atoms with E-state index in [1.807, 2.05) is 17.5 Å². The maximum Gasteiger partial charge on any atom is 0.232 e. The lowest BCUT2D eigenvalue weighted by atomic mass is 10.1. The van der Waals surface area contributed by atoms with Crippen LogP contribution in [0.4, 0.5) is 0 Å². The third kappa shape index (κ3) is 1.62. The predicted molar refractivity (Wildman–Crippen MR) is 70.1 cm³/mol. The third-order valence-electron chi connectivity index (χ3n) is 2.87. The second kappa shape index (κ2) is 3.99. The van der Waals surface area contributed by atoms with Crippen LogP contribution in [0.2, 0.25) is 0 Å². The molecule has 1 aromatic heterocycles. The van der Waals surface area contributed by atoms with Crippen molar-refractivity contribution in [1.29, 1.82) is 0 Å². The molecule has 0 unspecified atom stereocenters. The molecule has 1 aliphatic heterocycles. The first-order valence-electron chi connectivity index (χ1n) is 5.47. The van der Waals surface area contributed by atoms with Gasteiger partial charge in [0.15, 0.2) is 5.76 Å². The van der Waals surface area contributed by atoms with Gasteiger partial charge in [0.1, 0.15) is 11.5 Å². The molecule has 1 aliphatic rings. The number of fused-ring (bicyclic) bond motifs is 1. The summed E-state index contributed by atoms with van der Waals surface area (Å²) >= 11 is 1.54. The summed E-state index contributed by atoms with van der Waals surface area (Å²) in [5.41, 5.74) is 1.10. The Balaban J connectivity index is 2.07. The van der Waals surface area contributed by atoms with Crippen molar-refractivity contribution < 1.29 is 14.6 Å². The Morgan fingerprint density at radius 1 is 1.33 bits per heavy atom. The Morgan fingerprint density at radius 3 is 2.89 bits per heavy atom. The first kappa shape index (κ1) is 11.0. The summed E-state index contributed by atoms with van der Waals surface area (Å²) in [6.07, 6.45) is 1.73. The molecule has 1 N–H and O–H groups in total. The number of rotatable bonds is 1. The number of ketones is 1. The Bertz CT molecular complexity index is 654. The van der Waals surface area contributed by atoms with Crippen molar-refractivity contribution in [3.05, 3.63) is 51.4 Å². The standard InChI is InChI=1S/C14H10O3S/c1-8-11(15)5-4-10-13(16)12(17-14(8)10)7-9-3-2-6-18-9/h2-7,15H,1H3/b12-7-. The first-order chi connectivity index (χ1) is 8.66. The van der Waals surface area contributed by atoms with E-state index in [1.165, 1.54) is 17.4 Å². The quantitative estimate of drug-likeness (QED) is 0.798. The highest BCUT2D eigenvalue weighted by molar-refractivity contribution is 7.10. The fraction of sp³-hybridized carbons (Fsp3) is 0.0714. The van der Waals surface area contributed by atoms with Crippen molar-refractivity contribution in [2.75, 3.05) is 0 Å². The average molecular weight is 258 g/mol. The minimum atomic E-state index is -0.137. The molecule has 4 heteroatoms. The van der Waals surface area contributed by atoms with E-state index in [0.717, 1.165) is 4.88 Å². The van der Waals surface area contributed by atoms with Gasteiger partial charge in [-0.3, -0.25) is 4.79 Å². The summed E-state index contributed by atoms with van der Waals surface area (Å²) in [4.78, 5) is 13.1. The number of carbonyl (C=O) groups excluding carboxylic acids is 1. The van der Waals surface area contributed by atoms with E-state index in [2.05, 4.69) is 0 Å². The molecule has 0 spiro atoms. The lowest BCUT2D eigenvalue weighted by Crippen LogP contribution is -1.97. The number of allylic oxidation sites excluding steroid dienone is 1. The largest absolute Gasteiger partial charge is 0.508 e. The fourth-order valence-electron chi connectivity index (χ4n) is 1.88. The highest BCUT2D eigenvalue weighted by atomic mass is 32.1. The van der Waals surface area contributed by atoms with Gasteiger partial charge in [-0.05, 0) is 30.5 Å². The lowest BCUT2D eigenvalue weighted by molar-refractivity contribution is 0.101. The number of ether oxygens (including phenoxy) is 1. The number of Topliss-reactive ketones (excluding diaryl/α,β-unsaturated/α-hetero) is 1. The molecule has 2 aromatic rings. The molecular weight excluding hydrogens is 248 g/mol. The zero-order valence-corrected chi connectivity index (χ0v) is 10.5. The maximum atomic E-state index is 12.1. The SMILES string of the molecule is Cc1c(O)ccc2c1O/C(=C\c1cccs1)C2=O. The molecule has 0 radical (unpaired) electrons. The van der Waals surface area contributed by atoms with Crippen molar-refractivity contribution >= 4 is 23.2 Å². The van der Waals surface area contributed by atoms with Crippen molar-refractivity contribution in [1.82, 2.24) is 0 Å². The van der Waals surface area contributed by atoms with Gasteiger partial charge in [-0.2, -0.15) is 0 Å². The Morgan fingerprint density at radius 2 is 2.17 bits per heavy atom. The highest BCUT2D eigenvalue weighted by Gasteiger charge is 2.29. The van der Waals surface area contributed by atoms with E-state index >= 15 is 0 Å². The second-order valence-corrected chi connectivity index (χ2v) is 5.02. The van der Waals surface area contributed by atoms with E-state index in [-0.39, 0.29) is 11.5 Å². The number of hydrogen-bond donors (Lipinski definition) is 1. The minimum Gasteiger partial charge on any atom is -0.508 e. The van der Waals surface area contributed by atoms with Crippen molar-refractivity contribution in [2.45, 2.75) is 6.92 Å². The van der Waals surface area contributed by atoms with Crippen LogP contribution in [0.3, 0.4) is 0 Å². The van der Waals surface area contributed by atoms with E-state index in [1.54, 1.807) is 19.1 Å². The van der Waals surface area contributed by atoms with Crippen LogP contribution in [0, 0.1) is 6.92 Å². The van der Waals surface area contributed by atoms with Crippen LogP contribution in [0.25, 0.3) is 6.08 Å². The molecule has 90 valence electrons. The molecule has 0 atom stereocenters. The van der Waals surface area contributed by atoms with E-state index in [9.17, 15) is 9.90 Å². The monoisotopic (exact) mass is 258 g/mol. The maximum absolute atomic E-state index is 12.1. The van der Waals surface area contributed by atoms with Crippen molar-refractivity contribution in [3.63, 3.8) is 0 Å². The van der Waals surface area contributed by atoms with Crippen LogP contribution in [0.1, 0.15) is 20.8 Å². The minimum absolute atomic E-state index is 0.137. The smallest absolute Gasteiger partial charge is 0.232 e. The second-order valence-electron chi connectivity index (χ2n) is 4.04. The molecule has 0 saturated heterocycles. The number of phenols is 1. The number of aromatic hydroxyl groups is 1. The van der Waals surface area contributed by atoms with Gasteiger partial charge in [-0.25, -0.2) is 0 Å². The van der Waals surface area contributed by atoms with E-state index < -0.39 is 0 Å². The molecule has 18 heavy (non-hydrogen) atoms. The van der Waals surface area contributed by atoms with Crippen LogP contribution in [0.15, 0.2) is 35.4 Å². The van der Waals surface area contributed by atoms with Crippen LogP contribution < -0.4 is 4.74 Å². The Hall–Kier alpha value is -2.07. The van der Waals surface area contributed by atoms with Gasteiger partial charge in [0, 0.05) is 16.5 Å². The number of phenolic OH excluding ortho intramolecular Hbond substituents is 1. The van der Waals surface area contributed by atoms with Crippen molar-refractivity contribution in [3.8, 4) is 11.5 Å². The van der Waals surface area contributed by atoms with Gasteiger partial charge < -0.3 is 9.84 Å². The third-order valence-corrected chi connectivity index (χ3v) is 3.69. The van der Waals surface area contributed by atoms with E-state index in [0.29, 0.717) is 22.6 Å². The molecule has 0 bridgehead atoms. The normalized spacial score (nSPS) is 15.8. The molecule has 0 aliphatic carbocycles. The molecule has 1 aromatic carbocycles. The summed E-state index contributed by atoms with van der Waals surface area (Å²) in [6.45, 7) is 1.73. The Labute approximate surface area is 108 Å². The predicted octanol–water partition coefficient (Wildman–Crippen LogP) is 3.38. The topological polar surface area (TPSA) is 46.5 Å². The van der Waals surface area contributed by atoms with Crippen molar-refractivity contribution in [2.24, 2.45) is 0 Å². The van der Waals surface area contributed by atoms with Gasteiger partial charge in [0.05, 0.1) is 5.56 Å².